The number of halogens is 2. The zero-order valence-electron chi connectivity index (χ0n) is 11.9. The van der Waals surface area contributed by atoms with Gasteiger partial charge in [0.05, 0.1) is 11.7 Å². The molecule has 3 nitrogen and oxygen atoms in total. The van der Waals surface area contributed by atoms with Crippen LogP contribution in [0.5, 0.6) is 0 Å². The average molecular weight is 289 g/mol. The lowest BCUT2D eigenvalue weighted by atomic mass is 9.62. The van der Waals surface area contributed by atoms with Crippen LogP contribution in [0.2, 0.25) is 0 Å². The van der Waals surface area contributed by atoms with E-state index >= 15 is 0 Å². The van der Waals surface area contributed by atoms with E-state index in [0.717, 1.165) is 43.6 Å². The van der Waals surface area contributed by atoms with E-state index in [1.807, 2.05) is 17.8 Å². The maximum atomic E-state index is 13.9. The molecular weight excluding hydrogens is 272 g/mol. The highest BCUT2D eigenvalue weighted by molar-refractivity contribution is 5.63. The Balaban J connectivity index is 1.64. The fraction of sp³-hybridized carbons (Fsp3) is 0.438. The summed E-state index contributed by atoms with van der Waals surface area (Å²) in [5.74, 6) is -0.874. The number of aryl methyl sites for hydroxylation is 1. The fourth-order valence-electron chi connectivity index (χ4n) is 3.51. The Morgan fingerprint density at radius 3 is 2.71 bits per heavy atom. The Labute approximate surface area is 122 Å². The van der Waals surface area contributed by atoms with Crippen molar-refractivity contribution in [2.24, 2.45) is 5.41 Å². The quantitative estimate of drug-likeness (QED) is 0.921. The molecule has 1 N–H and O–H groups in total. The van der Waals surface area contributed by atoms with E-state index in [1.165, 1.54) is 6.07 Å². The Morgan fingerprint density at radius 2 is 2.05 bits per heavy atom. The molecule has 4 rings (SSSR count). The van der Waals surface area contributed by atoms with Crippen molar-refractivity contribution >= 4 is 0 Å². The molecule has 110 valence electrons. The first-order valence-corrected chi connectivity index (χ1v) is 7.28. The van der Waals surface area contributed by atoms with Crippen molar-refractivity contribution in [1.82, 2.24) is 15.1 Å². The van der Waals surface area contributed by atoms with Gasteiger partial charge in [-0.2, -0.15) is 5.10 Å². The molecule has 2 heterocycles. The van der Waals surface area contributed by atoms with E-state index in [9.17, 15) is 8.78 Å². The third-order valence-electron chi connectivity index (χ3n) is 4.81. The zero-order valence-corrected chi connectivity index (χ0v) is 11.9. The first kappa shape index (κ1) is 13.0. The minimum absolute atomic E-state index is 0.241. The van der Waals surface area contributed by atoms with Gasteiger partial charge >= 0.3 is 0 Å². The van der Waals surface area contributed by atoms with Crippen LogP contribution in [-0.4, -0.2) is 22.9 Å². The summed E-state index contributed by atoms with van der Waals surface area (Å²) in [6, 6.07) is 3.88. The maximum Gasteiger partial charge on any atom is 0.132 e. The first-order chi connectivity index (χ1) is 10.1. The summed E-state index contributed by atoms with van der Waals surface area (Å²) in [6.07, 6.45) is 4.18. The molecule has 2 aromatic rings. The molecular formula is C16H17F2N3. The molecule has 0 bridgehead atoms. The topological polar surface area (TPSA) is 29.9 Å². The van der Waals surface area contributed by atoms with Gasteiger partial charge in [-0.3, -0.25) is 4.68 Å². The zero-order chi connectivity index (χ0) is 14.6. The molecule has 2 fully saturated rings. The van der Waals surface area contributed by atoms with Crippen LogP contribution in [0.15, 0.2) is 24.4 Å². The van der Waals surface area contributed by atoms with E-state index in [4.69, 9.17) is 0 Å². The van der Waals surface area contributed by atoms with Gasteiger partial charge in [0.2, 0.25) is 0 Å². The van der Waals surface area contributed by atoms with E-state index in [0.29, 0.717) is 17.2 Å². The van der Waals surface area contributed by atoms with Gasteiger partial charge < -0.3 is 5.32 Å². The van der Waals surface area contributed by atoms with Crippen molar-refractivity contribution < 1.29 is 8.78 Å². The lowest BCUT2D eigenvalue weighted by molar-refractivity contribution is 0.00242. The Hall–Kier alpha value is -1.75. The van der Waals surface area contributed by atoms with Crippen LogP contribution in [0.1, 0.15) is 24.4 Å². The third-order valence-corrected chi connectivity index (χ3v) is 4.81. The molecule has 1 aliphatic carbocycles. The number of rotatable bonds is 2. The molecule has 1 aromatic heterocycles. The van der Waals surface area contributed by atoms with Crippen molar-refractivity contribution in [3.63, 3.8) is 0 Å². The summed E-state index contributed by atoms with van der Waals surface area (Å²) in [4.78, 5) is 0. The number of hydrogen-bond donors (Lipinski definition) is 1. The summed E-state index contributed by atoms with van der Waals surface area (Å²) in [5.41, 5.74) is 2.13. The molecule has 1 spiro atoms. The molecule has 0 unspecified atom stereocenters. The number of nitrogens with one attached hydrogen (secondary N) is 1. The number of hydrogen-bond acceptors (Lipinski definition) is 2. The normalized spacial score (nSPS) is 20.3. The molecule has 1 saturated carbocycles. The van der Waals surface area contributed by atoms with Crippen molar-refractivity contribution in [3.05, 3.63) is 41.6 Å². The summed E-state index contributed by atoms with van der Waals surface area (Å²) in [7, 11) is 0. The Kier molecular flexibility index (Phi) is 2.70. The average Bonchev–Trinajstić information content (AvgIpc) is 2.71. The summed E-state index contributed by atoms with van der Waals surface area (Å²) in [6.45, 7) is 4.08. The minimum atomic E-state index is -0.441. The van der Waals surface area contributed by atoms with Crippen LogP contribution in [0.25, 0.3) is 11.3 Å². The predicted molar refractivity (Wildman–Crippen MR) is 75.9 cm³/mol. The van der Waals surface area contributed by atoms with Gasteiger partial charge in [-0.1, -0.05) is 0 Å². The highest BCUT2D eigenvalue weighted by Gasteiger charge is 2.49. The molecule has 0 amide bonds. The minimum Gasteiger partial charge on any atom is -0.316 e. The van der Waals surface area contributed by atoms with Crippen LogP contribution >= 0.6 is 0 Å². The monoisotopic (exact) mass is 289 g/mol. The molecule has 2 aliphatic rings. The maximum absolute atomic E-state index is 13.9. The Morgan fingerprint density at radius 1 is 1.29 bits per heavy atom. The largest absolute Gasteiger partial charge is 0.316 e. The molecule has 1 aliphatic heterocycles. The van der Waals surface area contributed by atoms with Gasteiger partial charge in [0, 0.05) is 24.8 Å². The van der Waals surface area contributed by atoms with Gasteiger partial charge in [-0.15, -0.1) is 0 Å². The standard InChI is InChI=1S/C16H17F2N3/c1-10-7-21(12-5-16(6-12)8-19-9-16)20-15(10)13-4-11(17)2-3-14(13)18/h2-4,7,12,19H,5-6,8-9H2,1H3. The lowest BCUT2D eigenvalue weighted by Crippen LogP contribution is -2.60. The number of aromatic nitrogens is 2. The molecule has 1 aromatic carbocycles. The van der Waals surface area contributed by atoms with Gasteiger partial charge in [0.1, 0.15) is 11.6 Å². The third kappa shape index (κ3) is 1.99. The number of nitrogens with zero attached hydrogens (tertiary/aromatic N) is 2. The first-order valence-electron chi connectivity index (χ1n) is 7.28. The SMILES string of the molecule is Cc1cn(C2CC3(CNC3)C2)nc1-c1cc(F)ccc1F. The highest BCUT2D eigenvalue weighted by atomic mass is 19.1. The van der Waals surface area contributed by atoms with Crippen LogP contribution < -0.4 is 5.32 Å². The van der Waals surface area contributed by atoms with E-state index < -0.39 is 11.6 Å². The molecule has 0 atom stereocenters. The van der Waals surface area contributed by atoms with Gasteiger partial charge in [0.25, 0.3) is 0 Å². The van der Waals surface area contributed by atoms with Gasteiger partial charge in [-0.25, -0.2) is 8.78 Å². The van der Waals surface area contributed by atoms with Crippen molar-refractivity contribution in [3.8, 4) is 11.3 Å². The molecule has 5 heteroatoms. The second-order valence-electron chi connectivity index (χ2n) is 6.43. The molecule has 21 heavy (non-hydrogen) atoms. The molecule has 0 radical (unpaired) electrons. The van der Waals surface area contributed by atoms with Crippen molar-refractivity contribution in [2.45, 2.75) is 25.8 Å². The van der Waals surface area contributed by atoms with E-state index in [1.54, 1.807) is 0 Å². The summed E-state index contributed by atoms with van der Waals surface area (Å²) in [5, 5.41) is 7.83. The van der Waals surface area contributed by atoms with E-state index in [-0.39, 0.29) is 5.56 Å². The van der Waals surface area contributed by atoms with E-state index in [2.05, 4.69) is 10.4 Å². The highest BCUT2D eigenvalue weighted by Crippen LogP contribution is 2.50. The predicted octanol–water partition coefficient (Wildman–Crippen LogP) is 3.06. The van der Waals surface area contributed by atoms with Crippen molar-refractivity contribution in [2.75, 3.05) is 13.1 Å². The number of benzene rings is 1. The molecule has 1 saturated heterocycles. The fourth-order valence-corrected chi connectivity index (χ4v) is 3.51. The smallest absolute Gasteiger partial charge is 0.132 e. The van der Waals surface area contributed by atoms with Gasteiger partial charge in [0.15, 0.2) is 0 Å². The van der Waals surface area contributed by atoms with Crippen molar-refractivity contribution in [1.29, 1.82) is 0 Å². The summed E-state index contributed by atoms with van der Waals surface area (Å²) < 4.78 is 29.2. The lowest BCUT2D eigenvalue weighted by Gasteiger charge is -2.54. The van der Waals surface area contributed by atoms with Crippen LogP contribution in [0.4, 0.5) is 8.78 Å². The van der Waals surface area contributed by atoms with Crippen LogP contribution in [0, 0.1) is 24.0 Å². The van der Waals surface area contributed by atoms with Gasteiger partial charge in [-0.05, 0) is 48.9 Å². The van der Waals surface area contributed by atoms with Crippen LogP contribution in [-0.2, 0) is 0 Å². The second-order valence-corrected chi connectivity index (χ2v) is 6.43. The Bertz CT molecular complexity index is 696. The van der Waals surface area contributed by atoms with Crippen LogP contribution in [0.3, 0.4) is 0 Å². The second kappa shape index (κ2) is 4.37. The summed E-state index contributed by atoms with van der Waals surface area (Å²) >= 11 is 0.